The Balaban J connectivity index is 1.31. The third-order valence-electron chi connectivity index (χ3n) is 6.97. The lowest BCUT2D eigenvalue weighted by molar-refractivity contribution is -0.140. The smallest absolute Gasteiger partial charge is 0.339 e. The van der Waals surface area contributed by atoms with E-state index in [2.05, 4.69) is 24.3 Å². The van der Waals surface area contributed by atoms with Gasteiger partial charge in [0.05, 0.1) is 21.1 Å². The van der Waals surface area contributed by atoms with Crippen LogP contribution >= 0.6 is 22.9 Å². The van der Waals surface area contributed by atoms with Gasteiger partial charge in [0.15, 0.2) is 0 Å². The highest BCUT2D eigenvalue weighted by Gasteiger charge is 2.34. The molecule has 1 saturated heterocycles. The standard InChI is InChI=1S/C31H25ClF4N2OS/c1-19-5-7-22(8-6-19)29-28(21-9-12-24(32)13-10-21)37-30(40-29)23-15-17-38(18-16-23)26(39)14-11-20-3-2-4-25(27(20)33)31(34,35)36/h2-14,23H,15-18H2,1H3. The molecule has 0 saturated carbocycles. The number of thiazole rings is 1. The number of alkyl halides is 3. The van der Waals surface area contributed by atoms with Crippen molar-refractivity contribution in [2.24, 2.45) is 0 Å². The second kappa shape index (κ2) is 11.6. The van der Waals surface area contributed by atoms with E-state index in [0.29, 0.717) is 37.0 Å². The molecule has 0 N–H and O–H groups in total. The van der Waals surface area contributed by atoms with Gasteiger partial charge in [-0.2, -0.15) is 13.2 Å². The van der Waals surface area contributed by atoms with Gasteiger partial charge < -0.3 is 4.90 Å². The van der Waals surface area contributed by atoms with Crippen molar-refractivity contribution < 1.29 is 22.4 Å². The van der Waals surface area contributed by atoms with Crippen molar-refractivity contribution in [3.63, 3.8) is 0 Å². The molecule has 5 rings (SSSR count). The number of rotatable bonds is 5. The van der Waals surface area contributed by atoms with Crippen LogP contribution in [0.2, 0.25) is 5.02 Å². The molecule has 4 aromatic rings. The molecular formula is C31H25ClF4N2OS. The number of nitrogens with zero attached hydrogens (tertiary/aromatic N) is 2. The first kappa shape index (κ1) is 28.1. The average molecular weight is 585 g/mol. The van der Waals surface area contributed by atoms with Gasteiger partial charge in [0.25, 0.3) is 0 Å². The van der Waals surface area contributed by atoms with Crippen LogP contribution in [0.3, 0.4) is 0 Å². The van der Waals surface area contributed by atoms with Crippen LogP contribution in [0.5, 0.6) is 0 Å². The van der Waals surface area contributed by atoms with Crippen molar-refractivity contribution in [3.8, 4) is 21.7 Å². The Hall–Kier alpha value is -3.49. The van der Waals surface area contributed by atoms with Crippen molar-refractivity contribution in [2.75, 3.05) is 13.1 Å². The number of aromatic nitrogens is 1. The summed E-state index contributed by atoms with van der Waals surface area (Å²) in [5.41, 5.74) is 2.49. The van der Waals surface area contributed by atoms with Gasteiger partial charge in [0.2, 0.25) is 5.91 Å². The molecule has 0 atom stereocenters. The predicted molar refractivity (Wildman–Crippen MR) is 152 cm³/mol. The first-order chi connectivity index (χ1) is 19.1. The zero-order valence-corrected chi connectivity index (χ0v) is 23.1. The Bertz CT molecular complexity index is 1470. The van der Waals surface area contributed by atoms with E-state index < -0.39 is 17.6 Å². The molecule has 3 aromatic carbocycles. The number of piperidine rings is 1. The fourth-order valence-electron chi connectivity index (χ4n) is 4.73. The molecule has 1 aromatic heterocycles. The molecule has 0 radical (unpaired) electrons. The fourth-order valence-corrected chi connectivity index (χ4v) is 6.11. The zero-order chi connectivity index (χ0) is 28.4. The van der Waals surface area contributed by atoms with E-state index >= 15 is 0 Å². The number of benzene rings is 3. The number of halogens is 5. The number of carbonyl (C=O) groups excluding carboxylic acids is 1. The van der Waals surface area contributed by atoms with Crippen molar-refractivity contribution in [1.29, 1.82) is 0 Å². The second-order valence-electron chi connectivity index (χ2n) is 9.74. The Kier molecular flexibility index (Phi) is 8.10. The van der Waals surface area contributed by atoms with E-state index in [1.54, 1.807) is 16.2 Å². The molecule has 2 heterocycles. The summed E-state index contributed by atoms with van der Waals surface area (Å²) in [6.45, 7) is 2.98. The third-order valence-corrected chi connectivity index (χ3v) is 8.49. The summed E-state index contributed by atoms with van der Waals surface area (Å²) in [6, 6.07) is 19.0. The molecular weight excluding hydrogens is 560 g/mol. The van der Waals surface area contributed by atoms with E-state index in [0.717, 1.165) is 44.9 Å². The predicted octanol–water partition coefficient (Wildman–Crippen LogP) is 9.02. The third kappa shape index (κ3) is 6.13. The Morgan fingerprint density at radius 1 is 1.00 bits per heavy atom. The molecule has 1 aliphatic heterocycles. The first-order valence-electron chi connectivity index (χ1n) is 12.8. The molecule has 0 aliphatic carbocycles. The molecule has 1 aliphatic rings. The number of amides is 1. The Morgan fingerprint density at radius 2 is 1.65 bits per heavy atom. The van der Waals surface area contributed by atoms with Gasteiger partial charge in [0, 0.05) is 41.2 Å². The van der Waals surface area contributed by atoms with Crippen LogP contribution in [-0.4, -0.2) is 28.9 Å². The number of hydrogen-bond acceptors (Lipinski definition) is 3. The van der Waals surface area contributed by atoms with Crippen LogP contribution in [0.4, 0.5) is 17.6 Å². The molecule has 0 spiro atoms. The van der Waals surface area contributed by atoms with Gasteiger partial charge in [-0.3, -0.25) is 4.79 Å². The molecule has 0 bridgehead atoms. The highest BCUT2D eigenvalue weighted by Crippen LogP contribution is 2.42. The average Bonchev–Trinajstić information content (AvgIpc) is 3.38. The van der Waals surface area contributed by atoms with Gasteiger partial charge >= 0.3 is 6.18 Å². The maximum Gasteiger partial charge on any atom is 0.419 e. The molecule has 0 unspecified atom stereocenters. The minimum Gasteiger partial charge on any atom is -0.339 e. The zero-order valence-electron chi connectivity index (χ0n) is 21.5. The lowest BCUT2D eigenvalue weighted by atomic mass is 9.97. The number of aryl methyl sites for hydroxylation is 1. The van der Waals surface area contributed by atoms with Crippen LogP contribution in [0, 0.1) is 12.7 Å². The molecule has 9 heteroatoms. The summed E-state index contributed by atoms with van der Waals surface area (Å²) in [6.07, 6.45) is -1.18. The van der Waals surface area contributed by atoms with Gasteiger partial charge in [0.1, 0.15) is 5.82 Å². The number of hydrogen-bond donors (Lipinski definition) is 0. The van der Waals surface area contributed by atoms with E-state index in [1.807, 2.05) is 31.2 Å². The lowest BCUT2D eigenvalue weighted by Gasteiger charge is -2.30. The number of carbonyl (C=O) groups is 1. The van der Waals surface area contributed by atoms with Crippen LogP contribution in [0.1, 0.15) is 40.5 Å². The van der Waals surface area contributed by atoms with Crippen LogP contribution in [0.25, 0.3) is 27.8 Å². The molecule has 1 fully saturated rings. The van der Waals surface area contributed by atoms with Crippen molar-refractivity contribution in [3.05, 3.63) is 105 Å². The monoisotopic (exact) mass is 584 g/mol. The van der Waals surface area contributed by atoms with Crippen LogP contribution in [-0.2, 0) is 11.0 Å². The van der Waals surface area contributed by atoms with Crippen molar-refractivity contribution in [1.82, 2.24) is 9.88 Å². The maximum absolute atomic E-state index is 14.3. The quantitative estimate of drug-likeness (QED) is 0.173. The highest BCUT2D eigenvalue weighted by molar-refractivity contribution is 7.15. The van der Waals surface area contributed by atoms with E-state index in [1.165, 1.54) is 11.6 Å². The van der Waals surface area contributed by atoms with E-state index in [-0.39, 0.29) is 17.4 Å². The topological polar surface area (TPSA) is 33.2 Å². The molecule has 3 nitrogen and oxygen atoms in total. The van der Waals surface area contributed by atoms with Crippen LogP contribution in [0.15, 0.2) is 72.8 Å². The van der Waals surface area contributed by atoms with E-state index in [4.69, 9.17) is 16.6 Å². The Labute approximate surface area is 238 Å². The fraction of sp³-hybridized carbons (Fsp3) is 0.226. The summed E-state index contributed by atoms with van der Waals surface area (Å²) in [5, 5.41) is 1.65. The number of likely N-dealkylation sites (tertiary alicyclic amines) is 1. The van der Waals surface area contributed by atoms with Crippen LogP contribution < -0.4 is 0 Å². The minimum atomic E-state index is -4.80. The molecule has 206 valence electrons. The minimum absolute atomic E-state index is 0.157. The summed E-state index contributed by atoms with van der Waals surface area (Å²) >= 11 is 7.76. The maximum atomic E-state index is 14.3. The van der Waals surface area contributed by atoms with Crippen molar-refractivity contribution >= 4 is 34.9 Å². The molecule has 40 heavy (non-hydrogen) atoms. The molecule has 1 amide bonds. The lowest BCUT2D eigenvalue weighted by Crippen LogP contribution is -2.36. The summed E-state index contributed by atoms with van der Waals surface area (Å²) in [5.74, 6) is -1.59. The second-order valence-corrected chi connectivity index (χ2v) is 11.2. The SMILES string of the molecule is Cc1ccc(-c2sc(C3CCN(C(=O)C=Cc4cccc(C(F)(F)F)c4F)CC3)nc2-c2ccc(Cl)cc2)cc1. The van der Waals surface area contributed by atoms with Crippen molar-refractivity contribution in [2.45, 2.75) is 31.9 Å². The van der Waals surface area contributed by atoms with Gasteiger partial charge in [-0.1, -0.05) is 65.7 Å². The summed E-state index contributed by atoms with van der Waals surface area (Å²) in [4.78, 5) is 20.5. The summed E-state index contributed by atoms with van der Waals surface area (Å²) < 4.78 is 53.3. The van der Waals surface area contributed by atoms with E-state index in [9.17, 15) is 22.4 Å². The highest BCUT2D eigenvalue weighted by atomic mass is 35.5. The first-order valence-corrected chi connectivity index (χ1v) is 14.0. The van der Waals surface area contributed by atoms with Gasteiger partial charge in [-0.15, -0.1) is 11.3 Å². The normalized spacial score (nSPS) is 14.7. The van der Waals surface area contributed by atoms with Gasteiger partial charge in [-0.05, 0) is 49.6 Å². The summed E-state index contributed by atoms with van der Waals surface area (Å²) in [7, 11) is 0. The van der Waals surface area contributed by atoms with Gasteiger partial charge in [-0.25, -0.2) is 9.37 Å². The Morgan fingerprint density at radius 3 is 2.30 bits per heavy atom. The largest absolute Gasteiger partial charge is 0.419 e.